The van der Waals surface area contributed by atoms with Gasteiger partial charge >= 0.3 is 0 Å². The third-order valence-corrected chi connectivity index (χ3v) is 6.85. The highest BCUT2D eigenvalue weighted by Crippen LogP contribution is 2.32. The first kappa shape index (κ1) is 18.7. The van der Waals surface area contributed by atoms with Gasteiger partial charge in [0.2, 0.25) is 10.0 Å². The molecule has 2 aromatic carbocycles. The van der Waals surface area contributed by atoms with E-state index in [1.807, 2.05) is 32.0 Å². The smallest absolute Gasteiger partial charge is 0.255 e. The summed E-state index contributed by atoms with van der Waals surface area (Å²) in [6.45, 7) is 4.30. The molecule has 0 aromatic heterocycles. The maximum Gasteiger partial charge on any atom is 0.255 e. The van der Waals surface area contributed by atoms with Crippen molar-refractivity contribution >= 4 is 38.9 Å². The van der Waals surface area contributed by atoms with Gasteiger partial charge in [0.15, 0.2) is 0 Å². The second kappa shape index (κ2) is 7.29. The van der Waals surface area contributed by atoms with Crippen molar-refractivity contribution in [1.82, 2.24) is 0 Å². The first-order valence-corrected chi connectivity index (χ1v) is 10.5. The maximum atomic E-state index is 12.7. The number of carbonyl (C=O) groups is 1. The molecule has 7 heteroatoms. The largest absolute Gasteiger partial charge is 0.322 e. The van der Waals surface area contributed by atoms with Crippen LogP contribution in [0.3, 0.4) is 0 Å². The number of anilines is 2. The Morgan fingerprint density at radius 1 is 1.15 bits per heavy atom. The average Bonchev–Trinajstić information content (AvgIpc) is 2.59. The summed E-state index contributed by atoms with van der Waals surface area (Å²) in [5.74, 6) is -0.201. The van der Waals surface area contributed by atoms with Crippen LogP contribution in [0.25, 0.3) is 0 Å². The molecule has 3 rings (SSSR count). The Morgan fingerprint density at radius 3 is 2.65 bits per heavy atom. The van der Waals surface area contributed by atoms with Gasteiger partial charge in [-0.15, -0.1) is 0 Å². The van der Waals surface area contributed by atoms with Gasteiger partial charge in [-0.1, -0.05) is 23.7 Å². The second-order valence-corrected chi connectivity index (χ2v) is 8.88. The number of nitrogens with zero attached hydrogens (tertiary/aromatic N) is 1. The third kappa shape index (κ3) is 3.71. The van der Waals surface area contributed by atoms with E-state index in [0.29, 0.717) is 29.2 Å². The van der Waals surface area contributed by atoms with Crippen LogP contribution in [0.15, 0.2) is 36.4 Å². The van der Waals surface area contributed by atoms with Gasteiger partial charge in [0.25, 0.3) is 5.91 Å². The van der Waals surface area contributed by atoms with Crippen LogP contribution in [0.4, 0.5) is 11.4 Å². The van der Waals surface area contributed by atoms with E-state index in [-0.39, 0.29) is 11.7 Å². The van der Waals surface area contributed by atoms with Crippen LogP contribution in [-0.4, -0.2) is 26.6 Å². The second-order valence-electron chi connectivity index (χ2n) is 6.46. The molecule has 0 spiro atoms. The van der Waals surface area contributed by atoms with Gasteiger partial charge in [0.1, 0.15) is 0 Å². The number of amides is 1. The van der Waals surface area contributed by atoms with Crippen LogP contribution >= 0.6 is 11.6 Å². The van der Waals surface area contributed by atoms with Crippen LogP contribution in [0.1, 0.15) is 34.3 Å². The molecule has 1 saturated heterocycles. The van der Waals surface area contributed by atoms with Gasteiger partial charge < -0.3 is 5.32 Å². The van der Waals surface area contributed by atoms with E-state index in [4.69, 9.17) is 11.6 Å². The Bertz CT molecular complexity index is 957. The number of aryl methyl sites for hydroxylation is 1. The van der Waals surface area contributed by atoms with Crippen molar-refractivity contribution in [2.45, 2.75) is 26.7 Å². The molecule has 1 amide bonds. The summed E-state index contributed by atoms with van der Waals surface area (Å²) in [5.41, 5.74) is 3.54. The van der Waals surface area contributed by atoms with Crippen LogP contribution in [-0.2, 0) is 10.0 Å². The molecular formula is C19H21ClN2O3S. The number of sulfonamides is 1. The SMILES string of the molecule is Cc1cccc(NC(=O)c2ccc(Cl)c(N3CCCCS3(=O)=O)c2)c1C. The highest BCUT2D eigenvalue weighted by molar-refractivity contribution is 7.92. The number of rotatable bonds is 3. The lowest BCUT2D eigenvalue weighted by atomic mass is 10.1. The molecule has 1 N–H and O–H groups in total. The molecule has 1 aliphatic heterocycles. The standard InChI is InChI=1S/C19H21ClN2O3S/c1-13-6-5-7-17(14(13)2)21-19(23)15-8-9-16(20)18(12-15)22-10-3-4-11-26(22,24)25/h5-9,12H,3-4,10-11H2,1-2H3,(H,21,23). The fourth-order valence-corrected chi connectivity index (χ4v) is 4.90. The van der Waals surface area contributed by atoms with E-state index in [1.54, 1.807) is 18.2 Å². The highest BCUT2D eigenvalue weighted by atomic mass is 35.5. The van der Waals surface area contributed by atoms with E-state index in [0.717, 1.165) is 23.2 Å². The normalized spacial score (nSPS) is 16.3. The Hall–Kier alpha value is -2.05. The Labute approximate surface area is 159 Å². The molecule has 5 nitrogen and oxygen atoms in total. The van der Waals surface area contributed by atoms with Gasteiger partial charge in [0, 0.05) is 17.8 Å². The first-order chi connectivity index (χ1) is 12.3. The Kier molecular flexibility index (Phi) is 5.25. The summed E-state index contributed by atoms with van der Waals surface area (Å²) in [7, 11) is -3.40. The molecule has 0 saturated carbocycles. The minimum absolute atomic E-state index is 0.0994. The topological polar surface area (TPSA) is 66.5 Å². The zero-order chi connectivity index (χ0) is 18.9. The molecule has 0 aliphatic carbocycles. The zero-order valence-corrected chi connectivity index (χ0v) is 16.3. The number of hydrogen-bond donors (Lipinski definition) is 1. The van der Waals surface area contributed by atoms with Gasteiger partial charge in [-0.3, -0.25) is 9.10 Å². The molecule has 0 bridgehead atoms. The van der Waals surface area contributed by atoms with Gasteiger partial charge in [-0.2, -0.15) is 0 Å². The van der Waals surface area contributed by atoms with Crippen molar-refractivity contribution in [2.75, 3.05) is 21.9 Å². The van der Waals surface area contributed by atoms with Crippen molar-refractivity contribution in [3.63, 3.8) is 0 Å². The van der Waals surface area contributed by atoms with Gasteiger partial charge in [-0.05, 0) is 62.1 Å². The average molecular weight is 393 g/mol. The lowest BCUT2D eigenvalue weighted by molar-refractivity contribution is 0.102. The van der Waals surface area contributed by atoms with Crippen LogP contribution in [0.2, 0.25) is 5.02 Å². The summed E-state index contributed by atoms with van der Waals surface area (Å²) >= 11 is 6.23. The number of carbonyl (C=O) groups excluding carboxylic acids is 1. The lowest BCUT2D eigenvalue weighted by Gasteiger charge is -2.29. The molecular weight excluding hydrogens is 372 g/mol. The van der Waals surface area contributed by atoms with E-state index in [1.165, 1.54) is 4.31 Å². The van der Waals surface area contributed by atoms with Crippen molar-refractivity contribution < 1.29 is 13.2 Å². The van der Waals surface area contributed by atoms with E-state index in [2.05, 4.69) is 5.32 Å². The number of hydrogen-bond acceptors (Lipinski definition) is 3. The fourth-order valence-electron chi connectivity index (χ4n) is 2.99. The van der Waals surface area contributed by atoms with Gasteiger partial charge in [-0.25, -0.2) is 8.42 Å². The lowest BCUT2D eigenvalue weighted by Crippen LogP contribution is -2.38. The summed E-state index contributed by atoms with van der Waals surface area (Å²) in [6.07, 6.45) is 1.41. The molecule has 138 valence electrons. The molecule has 26 heavy (non-hydrogen) atoms. The van der Waals surface area contributed by atoms with Crippen LogP contribution < -0.4 is 9.62 Å². The molecule has 0 unspecified atom stereocenters. The minimum Gasteiger partial charge on any atom is -0.322 e. The number of benzene rings is 2. The molecule has 0 radical (unpaired) electrons. The first-order valence-electron chi connectivity index (χ1n) is 8.47. The van der Waals surface area contributed by atoms with E-state index in [9.17, 15) is 13.2 Å². The molecule has 1 aliphatic rings. The zero-order valence-electron chi connectivity index (χ0n) is 14.8. The van der Waals surface area contributed by atoms with Gasteiger partial charge in [0.05, 0.1) is 16.5 Å². The summed E-state index contributed by atoms with van der Waals surface area (Å²) in [5, 5.41) is 3.21. The predicted molar refractivity (Wildman–Crippen MR) is 106 cm³/mol. The van der Waals surface area contributed by atoms with Crippen molar-refractivity contribution in [3.05, 3.63) is 58.1 Å². The van der Waals surface area contributed by atoms with Crippen LogP contribution in [0, 0.1) is 13.8 Å². The summed E-state index contributed by atoms with van der Waals surface area (Å²) < 4.78 is 26.0. The van der Waals surface area contributed by atoms with E-state index < -0.39 is 10.0 Å². The van der Waals surface area contributed by atoms with E-state index >= 15 is 0 Å². The molecule has 2 aromatic rings. The molecule has 1 fully saturated rings. The fraction of sp³-hybridized carbons (Fsp3) is 0.316. The summed E-state index contributed by atoms with van der Waals surface area (Å²) in [4.78, 5) is 12.7. The van der Waals surface area contributed by atoms with Crippen molar-refractivity contribution in [2.24, 2.45) is 0 Å². The predicted octanol–water partition coefficient (Wildman–Crippen LogP) is 4.14. The highest BCUT2D eigenvalue weighted by Gasteiger charge is 2.28. The minimum atomic E-state index is -3.40. The molecule has 0 atom stereocenters. The Balaban J connectivity index is 1.92. The maximum absolute atomic E-state index is 12.7. The van der Waals surface area contributed by atoms with Crippen LogP contribution in [0.5, 0.6) is 0 Å². The Morgan fingerprint density at radius 2 is 1.92 bits per heavy atom. The third-order valence-electron chi connectivity index (χ3n) is 4.68. The number of nitrogens with one attached hydrogen (secondary N) is 1. The summed E-state index contributed by atoms with van der Waals surface area (Å²) in [6, 6.07) is 10.4. The monoisotopic (exact) mass is 392 g/mol. The quantitative estimate of drug-likeness (QED) is 0.853. The van der Waals surface area contributed by atoms with Crippen molar-refractivity contribution in [1.29, 1.82) is 0 Å². The number of halogens is 1. The molecule has 1 heterocycles. The van der Waals surface area contributed by atoms with Crippen molar-refractivity contribution in [3.8, 4) is 0 Å².